The van der Waals surface area contributed by atoms with Crippen LogP contribution in [0.5, 0.6) is 5.75 Å². The lowest BCUT2D eigenvalue weighted by atomic mass is 10.2. The first-order chi connectivity index (χ1) is 11.9. The van der Waals surface area contributed by atoms with Crippen molar-refractivity contribution in [2.24, 2.45) is 5.10 Å². The van der Waals surface area contributed by atoms with Gasteiger partial charge in [-0.2, -0.15) is 13.9 Å². The van der Waals surface area contributed by atoms with Gasteiger partial charge in [0.1, 0.15) is 5.75 Å². The second-order valence-electron chi connectivity index (χ2n) is 4.53. The van der Waals surface area contributed by atoms with Gasteiger partial charge in [-0.05, 0) is 18.2 Å². The standard InChI is InChI=1S/C14H10F2N4O5/c15-14(16)25-13-6-5-12(20(23)24)7-9(13)8-17-18-10-1-3-11(4-2-10)19(21)22/h1-8,14,18H/b17-8+. The predicted octanol–water partition coefficient (Wildman–Crippen LogP) is 3.55. The molecule has 0 atom stereocenters. The number of nitrogens with zero attached hydrogens (tertiary/aromatic N) is 3. The second-order valence-corrected chi connectivity index (χ2v) is 4.53. The van der Waals surface area contributed by atoms with E-state index in [0.29, 0.717) is 5.69 Å². The molecule has 0 radical (unpaired) electrons. The minimum Gasteiger partial charge on any atom is -0.434 e. The number of nitro groups is 2. The first kappa shape index (κ1) is 17.7. The number of halogens is 2. The fraction of sp³-hybridized carbons (Fsp3) is 0.0714. The predicted molar refractivity (Wildman–Crippen MR) is 84.0 cm³/mol. The Morgan fingerprint density at radius 1 is 1.04 bits per heavy atom. The van der Waals surface area contributed by atoms with Crippen molar-refractivity contribution in [1.82, 2.24) is 0 Å². The molecule has 9 nitrogen and oxygen atoms in total. The van der Waals surface area contributed by atoms with Crippen molar-refractivity contribution in [2.45, 2.75) is 6.61 Å². The number of hydrogen-bond acceptors (Lipinski definition) is 7. The van der Waals surface area contributed by atoms with Gasteiger partial charge in [-0.15, -0.1) is 0 Å². The molecule has 2 rings (SSSR count). The summed E-state index contributed by atoms with van der Waals surface area (Å²) in [6.07, 6.45) is 1.06. The maximum Gasteiger partial charge on any atom is 0.387 e. The molecular formula is C14H10F2N4O5. The first-order valence-corrected chi connectivity index (χ1v) is 6.63. The SMILES string of the molecule is O=[N+]([O-])c1ccc(N/N=C/c2cc([N+](=O)[O-])ccc2OC(F)F)cc1. The highest BCUT2D eigenvalue weighted by Gasteiger charge is 2.13. The van der Waals surface area contributed by atoms with E-state index in [9.17, 15) is 29.0 Å². The van der Waals surface area contributed by atoms with Crippen molar-refractivity contribution in [3.05, 3.63) is 68.3 Å². The largest absolute Gasteiger partial charge is 0.434 e. The highest BCUT2D eigenvalue weighted by Crippen LogP contribution is 2.24. The Labute approximate surface area is 138 Å². The molecule has 0 saturated heterocycles. The molecule has 25 heavy (non-hydrogen) atoms. The number of anilines is 1. The zero-order chi connectivity index (χ0) is 18.4. The van der Waals surface area contributed by atoms with Gasteiger partial charge in [0, 0.05) is 29.8 Å². The summed E-state index contributed by atoms with van der Waals surface area (Å²) < 4.78 is 29.0. The molecule has 0 heterocycles. The molecule has 0 bridgehead atoms. The van der Waals surface area contributed by atoms with Crippen LogP contribution in [0.3, 0.4) is 0 Å². The lowest BCUT2D eigenvalue weighted by Gasteiger charge is -2.07. The summed E-state index contributed by atoms with van der Waals surface area (Å²) in [7, 11) is 0. The van der Waals surface area contributed by atoms with Gasteiger partial charge in [0.15, 0.2) is 0 Å². The maximum atomic E-state index is 12.4. The topological polar surface area (TPSA) is 120 Å². The number of non-ortho nitro benzene ring substituents is 2. The molecule has 2 aromatic carbocycles. The Morgan fingerprint density at radius 3 is 2.20 bits per heavy atom. The molecule has 2 aromatic rings. The van der Waals surface area contributed by atoms with Crippen LogP contribution in [0.4, 0.5) is 25.8 Å². The number of nitrogens with one attached hydrogen (secondary N) is 1. The molecule has 11 heteroatoms. The Kier molecular flexibility index (Phi) is 5.50. The maximum absolute atomic E-state index is 12.4. The molecule has 0 fully saturated rings. The van der Waals surface area contributed by atoms with Crippen LogP contribution < -0.4 is 10.2 Å². The molecular weight excluding hydrogens is 342 g/mol. The fourth-order valence-corrected chi connectivity index (χ4v) is 1.79. The minimum absolute atomic E-state index is 0.0380. The third-order valence-corrected chi connectivity index (χ3v) is 2.90. The molecule has 1 N–H and O–H groups in total. The Morgan fingerprint density at radius 2 is 1.64 bits per heavy atom. The van der Waals surface area contributed by atoms with Crippen LogP contribution in [0.25, 0.3) is 0 Å². The molecule has 0 amide bonds. The summed E-state index contributed by atoms with van der Waals surface area (Å²) in [5.74, 6) is -0.283. The average Bonchev–Trinajstić information content (AvgIpc) is 2.56. The highest BCUT2D eigenvalue weighted by atomic mass is 19.3. The van der Waals surface area contributed by atoms with Crippen LogP contribution >= 0.6 is 0 Å². The third-order valence-electron chi connectivity index (χ3n) is 2.90. The Bertz CT molecular complexity index is 811. The number of nitro benzene ring substituents is 2. The molecule has 0 aromatic heterocycles. The molecule has 0 spiro atoms. The van der Waals surface area contributed by atoms with E-state index >= 15 is 0 Å². The number of alkyl halides is 2. The normalized spacial score (nSPS) is 10.8. The smallest absolute Gasteiger partial charge is 0.387 e. The summed E-state index contributed by atoms with van der Waals surface area (Å²) >= 11 is 0. The van der Waals surface area contributed by atoms with Crippen LogP contribution in [-0.4, -0.2) is 22.7 Å². The molecule has 0 aliphatic carbocycles. The van der Waals surface area contributed by atoms with Crippen molar-refractivity contribution in [2.75, 3.05) is 5.43 Å². The quantitative estimate of drug-likeness (QED) is 0.462. The van der Waals surface area contributed by atoms with Gasteiger partial charge in [-0.3, -0.25) is 25.7 Å². The van der Waals surface area contributed by atoms with E-state index in [0.717, 1.165) is 24.4 Å². The van der Waals surface area contributed by atoms with Gasteiger partial charge in [-0.1, -0.05) is 0 Å². The number of ether oxygens (including phenoxy) is 1. The Hall–Kier alpha value is -3.63. The zero-order valence-electron chi connectivity index (χ0n) is 12.3. The zero-order valence-corrected chi connectivity index (χ0v) is 12.3. The summed E-state index contributed by atoms with van der Waals surface area (Å²) in [5.41, 5.74) is 2.45. The van der Waals surface area contributed by atoms with Crippen molar-refractivity contribution in [3.63, 3.8) is 0 Å². The summed E-state index contributed by atoms with van der Waals surface area (Å²) in [6.45, 7) is -3.10. The van der Waals surface area contributed by atoms with E-state index in [1.807, 2.05) is 0 Å². The van der Waals surface area contributed by atoms with E-state index in [4.69, 9.17) is 0 Å². The summed E-state index contributed by atoms with van der Waals surface area (Å²) in [4.78, 5) is 20.1. The van der Waals surface area contributed by atoms with Gasteiger partial charge < -0.3 is 4.74 Å². The summed E-state index contributed by atoms with van der Waals surface area (Å²) in [6, 6.07) is 8.36. The van der Waals surface area contributed by atoms with E-state index in [-0.39, 0.29) is 22.7 Å². The van der Waals surface area contributed by atoms with Crippen LogP contribution in [0.15, 0.2) is 47.6 Å². The van der Waals surface area contributed by atoms with Crippen LogP contribution in [0.1, 0.15) is 5.56 Å². The molecule has 0 aliphatic heterocycles. The average molecular weight is 352 g/mol. The van der Waals surface area contributed by atoms with E-state index < -0.39 is 16.5 Å². The number of hydrazone groups is 1. The molecule has 0 saturated carbocycles. The fourth-order valence-electron chi connectivity index (χ4n) is 1.79. The first-order valence-electron chi connectivity index (χ1n) is 6.63. The van der Waals surface area contributed by atoms with Gasteiger partial charge >= 0.3 is 6.61 Å². The van der Waals surface area contributed by atoms with Crippen molar-refractivity contribution < 1.29 is 23.4 Å². The lowest BCUT2D eigenvalue weighted by molar-refractivity contribution is -0.385. The van der Waals surface area contributed by atoms with Crippen LogP contribution in [0.2, 0.25) is 0 Å². The van der Waals surface area contributed by atoms with E-state index in [1.54, 1.807) is 0 Å². The van der Waals surface area contributed by atoms with Crippen molar-refractivity contribution in [1.29, 1.82) is 0 Å². The van der Waals surface area contributed by atoms with Crippen LogP contribution in [-0.2, 0) is 0 Å². The lowest BCUT2D eigenvalue weighted by Crippen LogP contribution is -2.05. The van der Waals surface area contributed by atoms with Gasteiger partial charge in [0.2, 0.25) is 0 Å². The summed E-state index contributed by atoms with van der Waals surface area (Å²) in [5, 5.41) is 25.1. The van der Waals surface area contributed by atoms with Crippen molar-refractivity contribution >= 4 is 23.3 Å². The van der Waals surface area contributed by atoms with Gasteiger partial charge in [0.05, 0.1) is 21.7 Å². The number of benzene rings is 2. The van der Waals surface area contributed by atoms with E-state index in [1.165, 1.54) is 24.3 Å². The Balaban J connectivity index is 2.18. The molecule has 130 valence electrons. The molecule has 0 aliphatic rings. The van der Waals surface area contributed by atoms with E-state index in [2.05, 4.69) is 15.3 Å². The van der Waals surface area contributed by atoms with Crippen molar-refractivity contribution in [3.8, 4) is 5.75 Å². The van der Waals surface area contributed by atoms with Gasteiger partial charge in [0.25, 0.3) is 11.4 Å². The van der Waals surface area contributed by atoms with Gasteiger partial charge in [-0.25, -0.2) is 0 Å². The molecule has 0 unspecified atom stereocenters. The minimum atomic E-state index is -3.10. The number of rotatable bonds is 7. The number of hydrogen-bond donors (Lipinski definition) is 1. The monoisotopic (exact) mass is 352 g/mol. The highest BCUT2D eigenvalue weighted by molar-refractivity contribution is 5.85. The van der Waals surface area contributed by atoms with Crippen LogP contribution in [0, 0.1) is 20.2 Å². The third kappa shape index (κ3) is 4.92. The second kappa shape index (κ2) is 7.77.